The van der Waals surface area contributed by atoms with Crippen molar-refractivity contribution in [3.8, 4) is 0 Å². The summed E-state index contributed by atoms with van der Waals surface area (Å²) in [7, 11) is -3.99. The minimum atomic E-state index is -3.99. The molecule has 13 heteroatoms. The zero-order valence-corrected chi connectivity index (χ0v) is 18.6. The van der Waals surface area contributed by atoms with Gasteiger partial charge in [-0.1, -0.05) is 5.22 Å². The normalized spacial score (nSPS) is 20.4. The van der Waals surface area contributed by atoms with E-state index in [0.717, 1.165) is 12.8 Å². The Hall–Kier alpha value is -2.09. The quantitative estimate of drug-likeness (QED) is 0.112. The standard InChI is InChI=1S/C18H27FN7O3S2/c19-7-3-12-5-9-26(10-6-12)14-1-2-15(17(30-27)16(14)18(20)23-25-21)31(28,29)24-13-4-8-22-11-13/h1-2,12-13,22,24H,3-11H2,(H3,20,21,23)/q+1/t13-/m1/s1. The van der Waals surface area contributed by atoms with Crippen LogP contribution in [0.1, 0.15) is 31.2 Å². The molecule has 2 heterocycles. The maximum atomic E-state index is 13.0. The number of hydrogen-bond acceptors (Lipinski definition) is 7. The van der Waals surface area contributed by atoms with Crippen LogP contribution >= 0.6 is 0 Å². The van der Waals surface area contributed by atoms with Crippen LogP contribution in [-0.2, 0) is 25.9 Å². The summed E-state index contributed by atoms with van der Waals surface area (Å²) in [5.74, 6) is 5.01. The van der Waals surface area contributed by atoms with Crippen molar-refractivity contribution >= 4 is 33.2 Å². The fraction of sp³-hybridized carbons (Fsp3) is 0.611. The molecule has 3 rings (SSSR count). The lowest BCUT2D eigenvalue weighted by Gasteiger charge is -2.34. The number of anilines is 1. The number of halogens is 1. The number of nitrogens with two attached hydrogens (primary N) is 1. The monoisotopic (exact) mass is 472 g/mol. The van der Waals surface area contributed by atoms with E-state index < -0.39 is 10.0 Å². The molecule has 0 aliphatic carbocycles. The van der Waals surface area contributed by atoms with Gasteiger partial charge in [-0.15, -0.1) is 5.11 Å². The van der Waals surface area contributed by atoms with E-state index in [2.05, 4.69) is 20.4 Å². The molecule has 2 saturated heterocycles. The summed E-state index contributed by atoms with van der Waals surface area (Å²) in [6.45, 7) is 2.07. The van der Waals surface area contributed by atoms with Crippen molar-refractivity contribution < 1.29 is 17.0 Å². The summed E-state index contributed by atoms with van der Waals surface area (Å²) in [5.41, 5.74) is 0.612. The Morgan fingerprint density at radius 3 is 2.68 bits per heavy atom. The molecule has 2 aliphatic heterocycles. The first-order valence-electron chi connectivity index (χ1n) is 10.1. The van der Waals surface area contributed by atoms with E-state index in [1.165, 1.54) is 6.07 Å². The average Bonchev–Trinajstić information content (AvgIpc) is 3.26. The van der Waals surface area contributed by atoms with Crippen molar-refractivity contribution in [2.45, 2.75) is 41.5 Å². The Balaban J connectivity index is 2.01. The van der Waals surface area contributed by atoms with Gasteiger partial charge in [0.15, 0.2) is 10.7 Å². The van der Waals surface area contributed by atoms with Gasteiger partial charge >= 0.3 is 16.6 Å². The predicted molar refractivity (Wildman–Crippen MR) is 116 cm³/mol. The van der Waals surface area contributed by atoms with Crippen LogP contribution in [-0.4, -0.2) is 53.1 Å². The molecule has 1 aromatic carbocycles. The summed E-state index contributed by atoms with van der Waals surface area (Å²) in [4.78, 5) is 1.66. The Bertz CT molecular complexity index is 944. The second-order valence-electron chi connectivity index (χ2n) is 7.65. The number of sulfonamides is 1. The summed E-state index contributed by atoms with van der Waals surface area (Å²) in [6.07, 6.45) is 2.70. The molecule has 10 nitrogen and oxygen atoms in total. The van der Waals surface area contributed by atoms with E-state index in [-0.39, 0.29) is 51.5 Å². The van der Waals surface area contributed by atoms with Crippen LogP contribution in [0, 0.1) is 11.3 Å². The highest BCUT2D eigenvalue weighted by atomic mass is 32.2. The molecule has 1 aromatic rings. The molecular formula is C18H27FN7O3S2+. The number of nitrogens with one attached hydrogen (secondary N) is 3. The van der Waals surface area contributed by atoms with E-state index in [1.54, 1.807) is 6.07 Å². The number of benzene rings is 1. The third kappa shape index (κ3) is 5.40. The summed E-state index contributed by atoms with van der Waals surface area (Å²) >= 11 is 0.00349. The zero-order chi connectivity index (χ0) is 22.4. The lowest BCUT2D eigenvalue weighted by molar-refractivity contribution is 0.332. The third-order valence-corrected chi connectivity index (χ3v) is 8.00. The summed E-state index contributed by atoms with van der Waals surface area (Å²) < 4.78 is 53.4. The van der Waals surface area contributed by atoms with Crippen molar-refractivity contribution in [1.29, 1.82) is 5.41 Å². The van der Waals surface area contributed by atoms with E-state index in [9.17, 15) is 17.0 Å². The maximum absolute atomic E-state index is 13.0. The number of rotatable bonds is 8. The van der Waals surface area contributed by atoms with Gasteiger partial charge in [0.25, 0.3) is 0 Å². The number of nitrogens with zero attached hydrogens (tertiary/aromatic N) is 3. The molecule has 1 atom stereocenters. The largest absolute Gasteiger partial charge is 0.507 e. The highest BCUT2D eigenvalue weighted by molar-refractivity contribution is 7.89. The molecule has 0 aromatic heterocycles. The fourth-order valence-electron chi connectivity index (χ4n) is 4.10. The summed E-state index contributed by atoms with van der Waals surface area (Å²) in [5, 5.41) is 18.1. The van der Waals surface area contributed by atoms with Crippen LogP contribution < -0.4 is 20.8 Å². The van der Waals surface area contributed by atoms with Crippen LogP contribution in [0.3, 0.4) is 0 Å². The van der Waals surface area contributed by atoms with Gasteiger partial charge < -0.3 is 16.1 Å². The number of alkyl halides is 1. The zero-order valence-electron chi connectivity index (χ0n) is 17.0. The fourth-order valence-corrected chi connectivity index (χ4v) is 6.33. The summed E-state index contributed by atoms with van der Waals surface area (Å²) in [6, 6.07) is 2.71. The van der Waals surface area contributed by atoms with Crippen LogP contribution in [0.15, 0.2) is 32.3 Å². The number of piperidine rings is 1. The molecule has 2 aliphatic rings. The molecule has 0 unspecified atom stereocenters. The lowest BCUT2D eigenvalue weighted by Crippen LogP contribution is -2.37. The van der Waals surface area contributed by atoms with Gasteiger partial charge in [-0.25, -0.2) is 13.1 Å². The number of hydrogen-bond donors (Lipinski definition) is 4. The molecular weight excluding hydrogens is 445 g/mol. The molecule has 0 saturated carbocycles. The first-order valence-corrected chi connectivity index (χ1v) is 12.3. The smallest absolute Gasteiger partial charge is 0.371 e. The molecule has 2 fully saturated rings. The van der Waals surface area contributed by atoms with Crippen LogP contribution in [0.4, 0.5) is 10.1 Å². The lowest BCUT2D eigenvalue weighted by atomic mass is 9.93. The Labute approximate surface area is 184 Å². The Morgan fingerprint density at radius 1 is 1.35 bits per heavy atom. The SMILES string of the molecule is N=C(N=NN)c1c(N2CCC(CCF)CC2)ccc(S(=O)(=O)N[C@@H]2CCNC2)c1[S+]=O. The van der Waals surface area contributed by atoms with Gasteiger partial charge in [0.1, 0.15) is 5.56 Å². The van der Waals surface area contributed by atoms with Gasteiger partial charge in [0, 0.05) is 29.9 Å². The topological polar surface area (TPSA) is 153 Å². The van der Waals surface area contributed by atoms with E-state index in [4.69, 9.17) is 11.3 Å². The van der Waals surface area contributed by atoms with Crippen LogP contribution in [0.25, 0.3) is 0 Å². The molecule has 0 bridgehead atoms. The molecule has 0 spiro atoms. The van der Waals surface area contributed by atoms with E-state index in [0.29, 0.717) is 44.7 Å². The van der Waals surface area contributed by atoms with Crippen molar-refractivity contribution in [3.05, 3.63) is 17.7 Å². The van der Waals surface area contributed by atoms with Crippen LogP contribution in [0.5, 0.6) is 0 Å². The molecule has 31 heavy (non-hydrogen) atoms. The third-order valence-electron chi connectivity index (χ3n) is 5.72. The van der Waals surface area contributed by atoms with Crippen molar-refractivity contribution in [1.82, 2.24) is 10.0 Å². The molecule has 5 N–H and O–H groups in total. The predicted octanol–water partition coefficient (Wildman–Crippen LogP) is 1.34. The Kier molecular flexibility index (Phi) is 7.97. The minimum Gasteiger partial charge on any atom is -0.371 e. The van der Waals surface area contributed by atoms with Gasteiger partial charge in [-0.05, 0) is 50.3 Å². The average molecular weight is 473 g/mol. The van der Waals surface area contributed by atoms with Crippen molar-refractivity contribution in [2.24, 2.45) is 22.1 Å². The van der Waals surface area contributed by atoms with Gasteiger partial charge in [-0.3, -0.25) is 9.80 Å². The highest BCUT2D eigenvalue weighted by Crippen LogP contribution is 2.34. The molecule has 0 radical (unpaired) electrons. The molecule has 0 amide bonds. The first-order chi connectivity index (χ1) is 14.9. The van der Waals surface area contributed by atoms with Gasteiger partial charge in [0.05, 0.1) is 12.4 Å². The second kappa shape index (κ2) is 10.5. The maximum Gasteiger partial charge on any atom is 0.507 e. The van der Waals surface area contributed by atoms with Crippen molar-refractivity contribution in [2.75, 3.05) is 37.8 Å². The molecule has 170 valence electrons. The van der Waals surface area contributed by atoms with Gasteiger partial charge in [0.2, 0.25) is 10.0 Å². The second-order valence-corrected chi connectivity index (χ2v) is 9.91. The van der Waals surface area contributed by atoms with E-state index >= 15 is 0 Å². The first kappa shape index (κ1) is 23.6. The minimum absolute atomic E-state index is 0.00349. The number of amidine groups is 1. The highest BCUT2D eigenvalue weighted by Gasteiger charge is 2.37. The van der Waals surface area contributed by atoms with Crippen LogP contribution in [0.2, 0.25) is 0 Å². The van der Waals surface area contributed by atoms with Crippen molar-refractivity contribution in [3.63, 3.8) is 0 Å². The Morgan fingerprint density at radius 2 is 2.10 bits per heavy atom. The van der Waals surface area contributed by atoms with Gasteiger partial charge in [-0.2, -0.15) is 0 Å². The van der Waals surface area contributed by atoms with E-state index in [1.807, 2.05) is 4.90 Å².